The third-order valence-electron chi connectivity index (χ3n) is 4.93. The van der Waals surface area contributed by atoms with E-state index >= 15 is 0 Å². The van der Waals surface area contributed by atoms with Crippen LogP contribution < -0.4 is 24.8 Å². The number of aromatic nitrogens is 1. The van der Waals surface area contributed by atoms with Gasteiger partial charge in [0, 0.05) is 16.8 Å². The number of hydrogen-bond donors (Lipinski definition) is 2. The van der Waals surface area contributed by atoms with Crippen molar-refractivity contribution >= 4 is 40.0 Å². The summed E-state index contributed by atoms with van der Waals surface area (Å²) in [7, 11) is 3.15. The van der Waals surface area contributed by atoms with Gasteiger partial charge in [0.1, 0.15) is 11.3 Å². The van der Waals surface area contributed by atoms with E-state index < -0.39 is 0 Å². The molecule has 3 aromatic carbocycles. The number of rotatable bonds is 7. The Morgan fingerprint density at radius 3 is 2.47 bits per heavy atom. The predicted molar refractivity (Wildman–Crippen MR) is 134 cm³/mol. The largest absolute Gasteiger partial charge is 0.494 e. The first-order chi connectivity index (χ1) is 16.5. The second-order valence-electron chi connectivity index (χ2n) is 7.14. The van der Waals surface area contributed by atoms with Gasteiger partial charge in [0.25, 0.3) is 5.91 Å². The van der Waals surface area contributed by atoms with Gasteiger partial charge in [-0.3, -0.25) is 10.1 Å². The smallest absolute Gasteiger partial charge is 0.257 e. The summed E-state index contributed by atoms with van der Waals surface area (Å²) in [5.41, 5.74) is 3.13. The van der Waals surface area contributed by atoms with E-state index in [-0.39, 0.29) is 11.0 Å². The van der Waals surface area contributed by atoms with Crippen molar-refractivity contribution in [2.75, 3.05) is 26.1 Å². The van der Waals surface area contributed by atoms with Gasteiger partial charge in [0.05, 0.1) is 20.8 Å². The molecule has 0 fully saturated rings. The minimum atomic E-state index is -0.321. The lowest BCUT2D eigenvalue weighted by Crippen LogP contribution is -2.34. The molecule has 34 heavy (non-hydrogen) atoms. The van der Waals surface area contributed by atoms with E-state index in [1.807, 2.05) is 13.0 Å². The number of carbonyl (C=O) groups excluding carboxylic acids is 1. The highest BCUT2D eigenvalue weighted by atomic mass is 32.1. The molecule has 1 heterocycles. The van der Waals surface area contributed by atoms with E-state index in [2.05, 4.69) is 15.6 Å². The van der Waals surface area contributed by atoms with Gasteiger partial charge in [-0.05, 0) is 79.8 Å². The van der Waals surface area contributed by atoms with Gasteiger partial charge < -0.3 is 23.9 Å². The second kappa shape index (κ2) is 10.2. The number of anilines is 1. The molecule has 0 saturated heterocycles. The van der Waals surface area contributed by atoms with Crippen molar-refractivity contribution in [1.82, 2.24) is 10.3 Å². The molecule has 0 spiro atoms. The molecule has 0 atom stereocenters. The number of ether oxygens (including phenoxy) is 3. The second-order valence-corrected chi connectivity index (χ2v) is 7.55. The fourth-order valence-electron chi connectivity index (χ4n) is 3.30. The van der Waals surface area contributed by atoms with Gasteiger partial charge in [0.15, 0.2) is 22.2 Å². The molecular formula is C25H23N3O5S. The fourth-order valence-corrected chi connectivity index (χ4v) is 3.52. The molecular weight excluding hydrogens is 454 g/mol. The Labute approximate surface area is 201 Å². The quantitative estimate of drug-likeness (QED) is 0.358. The van der Waals surface area contributed by atoms with Crippen LogP contribution in [0.3, 0.4) is 0 Å². The van der Waals surface area contributed by atoms with Gasteiger partial charge in [-0.25, -0.2) is 4.98 Å². The first kappa shape index (κ1) is 23.1. The van der Waals surface area contributed by atoms with Crippen LogP contribution in [-0.2, 0) is 0 Å². The third-order valence-corrected chi connectivity index (χ3v) is 5.13. The molecule has 8 nitrogen and oxygen atoms in total. The summed E-state index contributed by atoms with van der Waals surface area (Å²) >= 11 is 5.30. The predicted octanol–water partition coefficient (Wildman–Crippen LogP) is 5.04. The SMILES string of the molecule is CCOc1ccc(C(=O)NC(=S)Nc2ccc3oc(-c4ccc(OC)c(OC)c4)nc3c2)cc1. The summed E-state index contributed by atoms with van der Waals surface area (Å²) < 4.78 is 21.9. The number of thiocarbonyl (C=S) groups is 1. The van der Waals surface area contributed by atoms with Crippen molar-refractivity contribution in [2.45, 2.75) is 6.92 Å². The maximum atomic E-state index is 12.5. The summed E-state index contributed by atoms with van der Waals surface area (Å²) in [5.74, 6) is 2.03. The molecule has 0 aliphatic carbocycles. The van der Waals surface area contributed by atoms with Crippen molar-refractivity contribution in [3.63, 3.8) is 0 Å². The molecule has 1 amide bonds. The van der Waals surface area contributed by atoms with Crippen LogP contribution in [0.25, 0.3) is 22.6 Å². The molecule has 2 N–H and O–H groups in total. The summed E-state index contributed by atoms with van der Waals surface area (Å²) in [6.07, 6.45) is 0. The maximum absolute atomic E-state index is 12.5. The number of methoxy groups -OCH3 is 2. The number of nitrogens with zero attached hydrogens (tertiary/aromatic N) is 1. The Kier molecular flexibility index (Phi) is 6.93. The lowest BCUT2D eigenvalue weighted by molar-refractivity contribution is 0.0977. The van der Waals surface area contributed by atoms with E-state index in [0.29, 0.717) is 52.1 Å². The first-order valence-electron chi connectivity index (χ1n) is 10.5. The van der Waals surface area contributed by atoms with Crippen LogP contribution in [0.1, 0.15) is 17.3 Å². The minimum Gasteiger partial charge on any atom is -0.494 e. The Bertz CT molecular complexity index is 1330. The minimum absolute atomic E-state index is 0.168. The number of fused-ring (bicyclic) bond motifs is 1. The number of oxazole rings is 1. The van der Waals surface area contributed by atoms with Crippen LogP contribution in [-0.4, -0.2) is 36.8 Å². The standard InChI is InChI=1S/C25H23N3O5S/c1-4-32-18-9-5-15(6-10-18)23(29)28-25(34)26-17-8-12-20-19(14-17)27-24(33-20)16-7-11-21(30-2)22(13-16)31-3/h5-14H,4H2,1-3H3,(H2,26,28,29,34). The molecule has 0 aliphatic rings. The molecule has 4 aromatic rings. The van der Waals surface area contributed by atoms with E-state index in [9.17, 15) is 4.79 Å². The molecule has 174 valence electrons. The van der Waals surface area contributed by atoms with Crippen molar-refractivity contribution in [3.8, 4) is 28.7 Å². The van der Waals surface area contributed by atoms with Crippen LogP contribution in [0.5, 0.6) is 17.2 Å². The topological polar surface area (TPSA) is 94.9 Å². The summed E-state index contributed by atoms with van der Waals surface area (Å²) in [5, 5.41) is 5.84. The summed E-state index contributed by atoms with van der Waals surface area (Å²) in [6.45, 7) is 2.46. The number of amides is 1. The van der Waals surface area contributed by atoms with Crippen molar-refractivity contribution in [2.24, 2.45) is 0 Å². The van der Waals surface area contributed by atoms with Crippen LogP contribution >= 0.6 is 12.2 Å². The van der Waals surface area contributed by atoms with E-state index in [0.717, 1.165) is 5.56 Å². The third kappa shape index (κ3) is 5.10. The Morgan fingerprint density at radius 2 is 1.76 bits per heavy atom. The zero-order valence-electron chi connectivity index (χ0n) is 18.9. The monoisotopic (exact) mass is 477 g/mol. The van der Waals surface area contributed by atoms with Crippen molar-refractivity contribution in [3.05, 3.63) is 66.2 Å². The van der Waals surface area contributed by atoms with Gasteiger partial charge in [0.2, 0.25) is 5.89 Å². The van der Waals surface area contributed by atoms with Gasteiger partial charge in [-0.2, -0.15) is 0 Å². The molecule has 4 rings (SSSR count). The zero-order valence-corrected chi connectivity index (χ0v) is 19.7. The molecule has 0 unspecified atom stereocenters. The first-order valence-corrected chi connectivity index (χ1v) is 10.9. The Morgan fingerprint density at radius 1 is 1.00 bits per heavy atom. The number of carbonyl (C=O) groups is 1. The Balaban J connectivity index is 1.45. The normalized spacial score (nSPS) is 10.6. The van der Waals surface area contributed by atoms with Gasteiger partial charge in [-0.15, -0.1) is 0 Å². The highest BCUT2D eigenvalue weighted by Gasteiger charge is 2.13. The van der Waals surface area contributed by atoms with Crippen molar-refractivity contribution < 1.29 is 23.4 Å². The Hall–Kier alpha value is -4.11. The highest BCUT2D eigenvalue weighted by Crippen LogP contribution is 2.33. The number of nitrogens with one attached hydrogen (secondary N) is 2. The van der Waals surface area contributed by atoms with Gasteiger partial charge in [-0.1, -0.05) is 0 Å². The maximum Gasteiger partial charge on any atom is 0.257 e. The summed E-state index contributed by atoms with van der Waals surface area (Å²) in [6, 6.07) is 17.6. The highest BCUT2D eigenvalue weighted by molar-refractivity contribution is 7.80. The number of hydrogen-bond acceptors (Lipinski definition) is 7. The van der Waals surface area contributed by atoms with Crippen LogP contribution in [0.4, 0.5) is 5.69 Å². The van der Waals surface area contributed by atoms with Crippen LogP contribution in [0.2, 0.25) is 0 Å². The number of benzene rings is 3. The fraction of sp³-hybridized carbons (Fsp3) is 0.160. The van der Waals surface area contributed by atoms with E-state index in [4.69, 9.17) is 30.8 Å². The average Bonchev–Trinajstić information content (AvgIpc) is 3.27. The summed E-state index contributed by atoms with van der Waals surface area (Å²) in [4.78, 5) is 17.0. The van der Waals surface area contributed by atoms with E-state index in [1.54, 1.807) is 68.8 Å². The average molecular weight is 478 g/mol. The molecule has 1 aromatic heterocycles. The molecule has 0 aliphatic heterocycles. The lowest BCUT2D eigenvalue weighted by atomic mass is 10.2. The van der Waals surface area contributed by atoms with E-state index in [1.165, 1.54) is 0 Å². The van der Waals surface area contributed by atoms with Crippen LogP contribution in [0, 0.1) is 0 Å². The molecule has 0 bridgehead atoms. The molecule has 0 radical (unpaired) electrons. The molecule has 9 heteroatoms. The molecule has 0 saturated carbocycles. The van der Waals surface area contributed by atoms with Crippen LogP contribution in [0.15, 0.2) is 65.1 Å². The van der Waals surface area contributed by atoms with Gasteiger partial charge >= 0.3 is 0 Å². The zero-order chi connectivity index (χ0) is 24.1. The lowest BCUT2D eigenvalue weighted by Gasteiger charge is -2.10. The van der Waals surface area contributed by atoms with Crippen molar-refractivity contribution in [1.29, 1.82) is 0 Å².